The number of fused-ring (bicyclic) bond motifs is 3. The van der Waals surface area contributed by atoms with Crippen LogP contribution in [0.1, 0.15) is 11.1 Å². The molecule has 0 saturated carbocycles. The second kappa shape index (κ2) is 6.47. The summed E-state index contributed by atoms with van der Waals surface area (Å²) in [5, 5.41) is 13.4. The molecule has 0 saturated heterocycles. The van der Waals surface area contributed by atoms with Gasteiger partial charge in [0.1, 0.15) is 0 Å². The molecule has 0 amide bonds. The van der Waals surface area contributed by atoms with E-state index < -0.39 is 20.6 Å². The summed E-state index contributed by atoms with van der Waals surface area (Å²) in [6.45, 7) is 2.25. The number of para-hydroxylation sites is 2. The minimum absolute atomic E-state index is 0.232. The van der Waals surface area contributed by atoms with E-state index in [4.69, 9.17) is 0 Å². The predicted molar refractivity (Wildman–Crippen MR) is 106 cm³/mol. The van der Waals surface area contributed by atoms with Crippen molar-refractivity contribution >= 4 is 32.7 Å². The molecule has 6 nitrogen and oxygen atoms in total. The Morgan fingerprint density at radius 1 is 1.11 bits per heavy atom. The Morgan fingerprint density at radius 2 is 1.81 bits per heavy atom. The molecular weight excluding hydrogens is 384 g/mol. The summed E-state index contributed by atoms with van der Waals surface area (Å²) in [7, 11) is -4.09. The van der Waals surface area contributed by atoms with Crippen LogP contribution in [0.25, 0.3) is 10.4 Å². The number of nitro groups is 1. The summed E-state index contributed by atoms with van der Waals surface area (Å²) in [6.07, 6.45) is 0.555. The quantitative estimate of drug-likeness (QED) is 0.483. The number of aryl methyl sites for hydroxylation is 1. The summed E-state index contributed by atoms with van der Waals surface area (Å²) >= 11 is 1.59. The Morgan fingerprint density at radius 3 is 2.59 bits per heavy atom. The maximum Gasteiger partial charge on any atom is 0.289 e. The highest BCUT2D eigenvalue weighted by Gasteiger charge is 2.34. The lowest BCUT2D eigenvalue weighted by atomic mass is 10.0. The van der Waals surface area contributed by atoms with E-state index in [0.29, 0.717) is 12.1 Å². The van der Waals surface area contributed by atoms with Gasteiger partial charge in [-0.2, -0.15) is 0 Å². The molecule has 0 bridgehead atoms. The number of thiophene rings is 1. The lowest BCUT2D eigenvalue weighted by Crippen LogP contribution is -2.33. The van der Waals surface area contributed by atoms with E-state index in [1.165, 1.54) is 28.6 Å². The third-order valence-corrected chi connectivity index (χ3v) is 7.75. The zero-order chi connectivity index (χ0) is 19.2. The van der Waals surface area contributed by atoms with Gasteiger partial charge in [-0.25, -0.2) is 8.42 Å². The number of benzene rings is 2. The number of anilines is 1. The first-order valence-corrected chi connectivity index (χ1v) is 10.7. The Bertz CT molecular complexity index is 1150. The predicted octanol–water partition coefficient (Wildman–Crippen LogP) is 4.38. The molecule has 1 aliphatic heterocycles. The third-order valence-electron chi connectivity index (χ3n) is 4.72. The number of hydrogen-bond acceptors (Lipinski definition) is 5. The molecule has 0 fully saturated rings. The number of sulfonamides is 1. The minimum Gasteiger partial charge on any atom is -0.265 e. The van der Waals surface area contributed by atoms with E-state index in [1.807, 2.05) is 19.1 Å². The molecule has 3 aromatic rings. The van der Waals surface area contributed by atoms with Gasteiger partial charge in [-0.3, -0.25) is 14.4 Å². The number of nitro benzene ring substituents is 1. The number of rotatable bonds is 3. The third kappa shape index (κ3) is 2.81. The first kappa shape index (κ1) is 17.7. The zero-order valence-electron chi connectivity index (χ0n) is 14.5. The van der Waals surface area contributed by atoms with Crippen LogP contribution in [0.4, 0.5) is 11.4 Å². The van der Waals surface area contributed by atoms with Crippen molar-refractivity contribution in [1.29, 1.82) is 0 Å². The van der Waals surface area contributed by atoms with Crippen LogP contribution < -0.4 is 4.31 Å². The van der Waals surface area contributed by atoms with Crippen LogP contribution >= 0.6 is 11.3 Å². The van der Waals surface area contributed by atoms with Gasteiger partial charge in [0.2, 0.25) is 0 Å². The van der Waals surface area contributed by atoms with Crippen LogP contribution in [0.5, 0.6) is 0 Å². The molecule has 27 heavy (non-hydrogen) atoms. The molecule has 0 radical (unpaired) electrons. The fourth-order valence-corrected chi connectivity index (χ4v) is 6.20. The summed E-state index contributed by atoms with van der Waals surface area (Å²) in [4.78, 5) is 11.5. The van der Waals surface area contributed by atoms with Crippen LogP contribution in [-0.4, -0.2) is 19.9 Å². The van der Waals surface area contributed by atoms with E-state index in [2.05, 4.69) is 5.38 Å². The van der Waals surface area contributed by atoms with Crippen LogP contribution in [0, 0.1) is 17.0 Å². The molecule has 0 N–H and O–H groups in total. The van der Waals surface area contributed by atoms with Crippen LogP contribution in [0.2, 0.25) is 0 Å². The van der Waals surface area contributed by atoms with E-state index in [0.717, 1.165) is 21.6 Å². The van der Waals surface area contributed by atoms with Gasteiger partial charge in [0, 0.05) is 23.1 Å². The van der Waals surface area contributed by atoms with Crippen molar-refractivity contribution in [1.82, 2.24) is 0 Å². The van der Waals surface area contributed by atoms with Crippen molar-refractivity contribution in [3.8, 4) is 10.4 Å². The maximum absolute atomic E-state index is 13.4. The van der Waals surface area contributed by atoms with Crippen LogP contribution in [0.3, 0.4) is 0 Å². The van der Waals surface area contributed by atoms with Crippen molar-refractivity contribution in [3.63, 3.8) is 0 Å². The van der Waals surface area contributed by atoms with Crippen molar-refractivity contribution in [2.24, 2.45) is 0 Å². The Balaban J connectivity index is 1.92. The summed E-state index contributed by atoms with van der Waals surface area (Å²) in [6, 6.07) is 12.8. The number of hydrogen-bond donors (Lipinski definition) is 0. The fourth-order valence-electron chi connectivity index (χ4n) is 3.42. The second-order valence-corrected chi connectivity index (χ2v) is 9.01. The zero-order valence-corrected chi connectivity index (χ0v) is 16.1. The Hall–Kier alpha value is -2.71. The van der Waals surface area contributed by atoms with E-state index in [9.17, 15) is 18.5 Å². The lowest BCUT2D eigenvalue weighted by Gasteiger charge is -2.24. The summed E-state index contributed by atoms with van der Waals surface area (Å²) in [5.41, 5.74) is 3.24. The molecule has 0 atom stereocenters. The van der Waals surface area contributed by atoms with Crippen molar-refractivity contribution in [3.05, 3.63) is 75.2 Å². The Kier molecular flexibility index (Phi) is 4.24. The van der Waals surface area contributed by atoms with Gasteiger partial charge in [-0.1, -0.05) is 30.3 Å². The summed E-state index contributed by atoms with van der Waals surface area (Å²) in [5.74, 6) is 0. The van der Waals surface area contributed by atoms with Gasteiger partial charge >= 0.3 is 0 Å². The molecule has 2 aromatic carbocycles. The smallest absolute Gasteiger partial charge is 0.265 e. The lowest BCUT2D eigenvalue weighted by molar-refractivity contribution is -0.387. The standard InChI is InChI=1S/C19H16N2O4S2/c1-13-12-26-19-14(13)10-11-20(16-7-3-2-6-15(16)19)27(24,25)18-9-5-4-8-17(18)21(22)23/h2-9,12H,10-11H2,1H3. The van der Waals surface area contributed by atoms with Gasteiger partial charge in [0.25, 0.3) is 15.7 Å². The fraction of sp³-hybridized carbons (Fsp3) is 0.158. The van der Waals surface area contributed by atoms with E-state index in [1.54, 1.807) is 23.5 Å². The molecule has 0 aliphatic carbocycles. The Labute approximate surface area is 160 Å². The van der Waals surface area contributed by atoms with E-state index in [-0.39, 0.29) is 11.4 Å². The van der Waals surface area contributed by atoms with Gasteiger partial charge in [-0.15, -0.1) is 11.3 Å². The van der Waals surface area contributed by atoms with Gasteiger partial charge in [0.05, 0.1) is 10.6 Å². The normalized spacial score (nSPS) is 13.6. The highest BCUT2D eigenvalue weighted by molar-refractivity contribution is 7.93. The molecule has 138 valence electrons. The molecule has 1 aromatic heterocycles. The monoisotopic (exact) mass is 400 g/mol. The first-order valence-electron chi connectivity index (χ1n) is 8.34. The summed E-state index contributed by atoms with van der Waals surface area (Å²) < 4.78 is 28.1. The molecular formula is C19H16N2O4S2. The van der Waals surface area contributed by atoms with Crippen molar-refractivity contribution < 1.29 is 13.3 Å². The SMILES string of the molecule is Cc1csc2c1CCN(S(=O)(=O)c1ccccc1[N+](=O)[O-])c1ccccc1-2. The average molecular weight is 400 g/mol. The highest BCUT2D eigenvalue weighted by atomic mass is 32.2. The molecule has 0 spiro atoms. The molecule has 1 aliphatic rings. The van der Waals surface area contributed by atoms with Gasteiger partial charge in [-0.05, 0) is 42.0 Å². The van der Waals surface area contributed by atoms with Gasteiger partial charge in [0.15, 0.2) is 4.90 Å². The molecule has 4 rings (SSSR count). The molecule has 2 heterocycles. The topological polar surface area (TPSA) is 80.5 Å². The second-order valence-electron chi connectivity index (χ2n) is 6.30. The van der Waals surface area contributed by atoms with Crippen LogP contribution in [0.15, 0.2) is 58.8 Å². The molecule has 0 unspecified atom stereocenters. The average Bonchev–Trinajstić information content (AvgIpc) is 2.93. The van der Waals surface area contributed by atoms with Crippen molar-refractivity contribution in [2.75, 3.05) is 10.8 Å². The molecule has 8 heteroatoms. The minimum atomic E-state index is -4.09. The highest BCUT2D eigenvalue weighted by Crippen LogP contribution is 2.43. The largest absolute Gasteiger partial charge is 0.289 e. The first-order chi connectivity index (χ1) is 12.9. The van der Waals surface area contributed by atoms with Crippen molar-refractivity contribution in [2.45, 2.75) is 18.2 Å². The van der Waals surface area contributed by atoms with Crippen LogP contribution in [-0.2, 0) is 16.4 Å². The van der Waals surface area contributed by atoms with E-state index >= 15 is 0 Å². The number of nitrogens with zero attached hydrogens (tertiary/aromatic N) is 2. The van der Waals surface area contributed by atoms with Gasteiger partial charge < -0.3 is 0 Å². The maximum atomic E-state index is 13.4.